The molecule has 3 N–H and O–H groups in total. The van der Waals surface area contributed by atoms with Crippen LogP contribution >= 0.6 is 24.0 Å². The Morgan fingerprint density at radius 1 is 1.04 bits per heavy atom. The van der Waals surface area contributed by atoms with E-state index in [0.29, 0.717) is 43.8 Å². The van der Waals surface area contributed by atoms with Gasteiger partial charge in [0.15, 0.2) is 17.5 Å². The Kier molecular flexibility index (Phi) is 13.4. The molecule has 8 heteroatoms. The summed E-state index contributed by atoms with van der Waals surface area (Å²) in [6, 6.07) is 5.48. The minimum absolute atomic E-state index is 0. The van der Waals surface area contributed by atoms with Crippen LogP contribution in [-0.2, 0) is 9.47 Å². The molecule has 0 fully saturated rings. The predicted molar refractivity (Wildman–Crippen MR) is 107 cm³/mol. The van der Waals surface area contributed by atoms with E-state index < -0.39 is 0 Å². The van der Waals surface area contributed by atoms with Gasteiger partial charge in [0.05, 0.1) is 27.4 Å². The quantitative estimate of drug-likeness (QED) is 0.232. The number of guanidine groups is 1. The molecule has 0 heterocycles. The molecule has 0 unspecified atom stereocenters. The van der Waals surface area contributed by atoms with Gasteiger partial charge in [0.1, 0.15) is 0 Å². The Morgan fingerprint density at radius 3 is 2.46 bits per heavy atom. The van der Waals surface area contributed by atoms with Crippen molar-refractivity contribution in [3.63, 3.8) is 0 Å². The molecule has 24 heavy (non-hydrogen) atoms. The average Bonchev–Trinajstić information content (AvgIpc) is 2.57. The molecule has 1 rings (SSSR count). The van der Waals surface area contributed by atoms with E-state index in [4.69, 9.17) is 24.7 Å². The minimum Gasteiger partial charge on any atom is -0.493 e. The number of aliphatic imine (C=N–C) groups is 1. The monoisotopic (exact) mass is 453 g/mol. The van der Waals surface area contributed by atoms with Gasteiger partial charge < -0.3 is 30.0 Å². The van der Waals surface area contributed by atoms with Crippen molar-refractivity contribution >= 4 is 35.6 Å². The summed E-state index contributed by atoms with van der Waals surface area (Å²) in [5.41, 5.74) is 6.67. The first kappa shape index (κ1) is 22.7. The molecule has 0 amide bonds. The SMILES string of the molecule is COCCOCCCCN=C(N)Nc1ccc(OC)c(OC)c1.I. The van der Waals surface area contributed by atoms with Crippen LogP contribution < -0.4 is 20.5 Å². The number of anilines is 1. The summed E-state index contributed by atoms with van der Waals surface area (Å²) in [7, 11) is 4.85. The second-order valence-electron chi connectivity index (χ2n) is 4.77. The van der Waals surface area contributed by atoms with Crippen molar-refractivity contribution in [3.05, 3.63) is 18.2 Å². The molecule has 1 aromatic rings. The lowest BCUT2D eigenvalue weighted by atomic mass is 10.3. The Morgan fingerprint density at radius 2 is 1.79 bits per heavy atom. The largest absolute Gasteiger partial charge is 0.493 e. The van der Waals surface area contributed by atoms with Gasteiger partial charge in [-0.05, 0) is 25.0 Å². The summed E-state index contributed by atoms with van der Waals surface area (Å²) >= 11 is 0. The molecule has 138 valence electrons. The summed E-state index contributed by atoms with van der Waals surface area (Å²) in [4.78, 5) is 4.28. The van der Waals surface area contributed by atoms with Crippen molar-refractivity contribution in [2.24, 2.45) is 10.7 Å². The van der Waals surface area contributed by atoms with Crippen molar-refractivity contribution in [1.29, 1.82) is 0 Å². The maximum Gasteiger partial charge on any atom is 0.193 e. The number of nitrogens with one attached hydrogen (secondary N) is 1. The van der Waals surface area contributed by atoms with Crippen LogP contribution in [0.1, 0.15) is 12.8 Å². The minimum atomic E-state index is 0. The lowest BCUT2D eigenvalue weighted by molar-refractivity contribution is 0.0690. The highest BCUT2D eigenvalue weighted by atomic mass is 127. The van der Waals surface area contributed by atoms with E-state index in [0.717, 1.165) is 18.5 Å². The van der Waals surface area contributed by atoms with Crippen LogP contribution in [0.3, 0.4) is 0 Å². The second-order valence-corrected chi connectivity index (χ2v) is 4.77. The van der Waals surface area contributed by atoms with Crippen molar-refractivity contribution in [1.82, 2.24) is 0 Å². The molecule has 0 saturated heterocycles. The highest BCUT2D eigenvalue weighted by molar-refractivity contribution is 14.0. The molecule has 0 aliphatic heterocycles. The van der Waals surface area contributed by atoms with Gasteiger partial charge in [-0.1, -0.05) is 0 Å². The normalized spacial score (nSPS) is 10.9. The first-order valence-corrected chi connectivity index (χ1v) is 7.57. The molecule has 0 spiro atoms. The van der Waals surface area contributed by atoms with Crippen molar-refractivity contribution in [2.75, 3.05) is 53.0 Å². The summed E-state index contributed by atoms with van der Waals surface area (Å²) in [6.45, 7) is 2.62. The first-order valence-electron chi connectivity index (χ1n) is 7.57. The number of methoxy groups -OCH3 is 3. The van der Waals surface area contributed by atoms with Crippen LogP contribution in [0.4, 0.5) is 5.69 Å². The number of nitrogens with two attached hydrogens (primary N) is 1. The van der Waals surface area contributed by atoms with E-state index in [2.05, 4.69) is 10.3 Å². The van der Waals surface area contributed by atoms with Crippen LogP contribution in [0.25, 0.3) is 0 Å². The first-order chi connectivity index (χ1) is 11.2. The van der Waals surface area contributed by atoms with E-state index >= 15 is 0 Å². The molecule has 0 aliphatic rings. The third kappa shape index (κ3) is 9.14. The molecule has 0 saturated carbocycles. The summed E-state index contributed by atoms with van der Waals surface area (Å²) in [6.07, 6.45) is 1.86. The van der Waals surface area contributed by atoms with Crippen LogP contribution in [0.5, 0.6) is 11.5 Å². The lowest BCUT2D eigenvalue weighted by Gasteiger charge is -2.11. The second kappa shape index (κ2) is 14.1. The third-order valence-corrected chi connectivity index (χ3v) is 3.07. The smallest absolute Gasteiger partial charge is 0.193 e. The molecule has 0 bridgehead atoms. The van der Waals surface area contributed by atoms with Crippen LogP contribution in [0.2, 0.25) is 0 Å². The van der Waals surface area contributed by atoms with E-state index in [1.54, 1.807) is 21.3 Å². The number of hydrogen-bond donors (Lipinski definition) is 2. The highest BCUT2D eigenvalue weighted by Gasteiger charge is 2.04. The Hall–Kier alpha value is -1.26. The molecular formula is C16H28IN3O4. The maximum absolute atomic E-state index is 5.87. The Bertz CT molecular complexity index is 486. The van der Waals surface area contributed by atoms with Crippen molar-refractivity contribution < 1.29 is 18.9 Å². The van der Waals surface area contributed by atoms with Crippen molar-refractivity contribution in [3.8, 4) is 11.5 Å². The summed E-state index contributed by atoms with van der Waals surface area (Å²) in [5, 5.41) is 3.03. The zero-order valence-electron chi connectivity index (χ0n) is 14.5. The van der Waals surface area contributed by atoms with E-state index in [1.165, 1.54) is 0 Å². The number of halogens is 1. The van der Waals surface area contributed by atoms with Crippen molar-refractivity contribution in [2.45, 2.75) is 12.8 Å². The van der Waals surface area contributed by atoms with Gasteiger partial charge in [-0.25, -0.2) is 0 Å². The Labute approximate surface area is 160 Å². The Balaban J connectivity index is 0.00000529. The van der Waals surface area contributed by atoms with Gasteiger partial charge in [0.25, 0.3) is 0 Å². The number of hydrogen-bond acceptors (Lipinski definition) is 5. The predicted octanol–water partition coefficient (Wildman–Crippen LogP) is 2.49. The topological polar surface area (TPSA) is 87.3 Å². The standard InChI is InChI=1S/C16H27N3O4.HI/c1-20-10-11-23-9-5-4-8-18-16(17)19-13-6-7-14(21-2)15(12-13)22-3;/h6-7,12H,4-5,8-11H2,1-3H3,(H3,17,18,19);1H. The van der Waals surface area contributed by atoms with E-state index in [9.17, 15) is 0 Å². The van der Waals surface area contributed by atoms with Gasteiger partial charge in [-0.2, -0.15) is 0 Å². The summed E-state index contributed by atoms with van der Waals surface area (Å²) in [5.74, 6) is 1.68. The lowest BCUT2D eigenvalue weighted by Crippen LogP contribution is -2.22. The van der Waals surface area contributed by atoms with Crippen LogP contribution in [0, 0.1) is 0 Å². The fourth-order valence-corrected chi connectivity index (χ4v) is 1.86. The van der Waals surface area contributed by atoms with Gasteiger partial charge in [0.2, 0.25) is 0 Å². The van der Waals surface area contributed by atoms with Gasteiger partial charge >= 0.3 is 0 Å². The number of unbranched alkanes of at least 4 members (excludes halogenated alkanes) is 1. The average molecular weight is 453 g/mol. The molecule has 0 aliphatic carbocycles. The van der Waals surface area contributed by atoms with E-state index in [-0.39, 0.29) is 24.0 Å². The fraction of sp³-hybridized carbons (Fsp3) is 0.562. The molecule has 1 aromatic carbocycles. The zero-order chi connectivity index (χ0) is 16.9. The molecule has 0 aromatic heterocycles. The van der Waals surface area contributed by atoms with Crippen LogP contribution in [0.15, 0.2) is 23.2 Å². The van der Waals surface area contributed by atoms with Gasteiger partial charge in [0, 0.05) is 32.0 Å². The molecule has 7 nitrogen and oxygen atoms in total. The highest BCUT2D eigenvalue weighted by Crippen LogP contribution is 2.29. The maximum atomic E-state index is 5.87. The number of nitrogens with zero attached hydrogens (tertiary/aromatic N) is 1. The molecule has 0 atom stereocenters. The number of rotatable bonds is 11. The van der Waals surface area contributed by atoms with Gasteiger partial charge in [-0.3, -0.25) is 4.99 Å². The molecule has 0 radical (unpaired) electrons. The molecular weight excluding hydrogens is 425 g/mol. The van der Waals surface area contributed by atoms with Crippen LogP contribution in [-0.4, -0.2) is 53.7 Å². The van der Waals surface area contributed by atoms with Gasteiger partial charge in [-0.15, -0.1) is 24.0 Å². The number of benzene rings is 1. The number of ether oxygens (including phenoxy) is 4. The fourth-order valence-electron chi connectivity index (χ4n) is 1.86. The third-order valence-electron chi connectivity index (χ3n) is 3.07. The zero-order valence-corrected chi connectivity index (χ0v) is 16.9. The summed E-state index contributed by atoms with van der Waals surface area (Å²) < 4.78 is 20.7. The van der Waals surface area contributed by atoms with E-state index in [1.807, 2.05) is 18.2 Å².